The Kier molecular flexibility index (Phi) is 5.26. The first kappa shape index (κ1) is 13.0. The second kappa shape index (κ2) is 6.48. The molecule has 0 aromatic heterocycles. The Hall–Kier alpha value is -1.09. The standard InChI is InChI=1S/C13H20N2S/c1-4-15(5-2)13(16)14-11(3)12-9-7-6-8-10-12/h6-11H,4-5H2,1-3H3,(H,14,16). The smallest absolute Gasteiger partial charge is 0.169 e. The van der Waals surface area contributed by atoms with Gasteiger partial charge in [0.05, 0.1) is 6.04 Å². The van der Waals surface area contributed by atoms with E-state index in [1.54, 1.807) is 0 Å². The van der Waals surface area contributed by atoms with Gasteiger partial charge in [0.1, 0.15) is 0 Å². The molecule has 1 atom stereocenters. The first-order valence-electron chi connectivity index (χ1n) is 5.79. The largest absolute Gasteiger partial charge is 0.356 e. The second-order valence-electron chi connectivity index (χ2n) is 3.75. The van der Waals surface area contributed by atoms with Crippen LogP contribution in [-0.2, 0) is 0 Å². The molecule has 1 aromatic carbocycles. The van der Waals surface area contributed by atoms with Gasteiger partial charge >= 0.3 is 0 Å². The zero-order valence-electron chi connectivity index (χ0n) is 10.2. The van der Waals surface area contributed by atoms with Crippen molar-refractivity contribution in [2.75, 3.05) is 13.1 Å². The molecular weight excluding hydrogens is 216 g/mol. The van der Waals surface area contributed by atoms with Gasteiger partial charge in [0.2, 0.25) is 0 Å². The van der Waals surface area contributed by atoms with Gasteiger partial charge in [0.15, 0.2) is 5.11 Å². The summed E-state index contributed by atoms with van der Waals surface area (Å²) in [6, 6.07) is 10.6. The van der Waals surface area contributed by atoms with Crippen molar-refractivity contribution in [3.8, 4) is 0 Å². The number of hydrogen-bond acceptors (Lipinski definition) is 1. The van der Waals surface area contributed by atoms with Crippen molar-refractivity contribution in [1.29, 1.82) is 0 Å². The zero-order chi connectivity index (χ0) is 12.0. The van der Waals surface area contributed by atoms with Gasteiger partial charge in [-0.25, -0.2) is 0 Å². The van der Waals surface area contributed by atoms with Crippen molar-refractivity contribution in [3.63, 3.8) is 0 Å². The highest BCUT2D eigenvalue weighted by Gasteiger charge is 2.09. The lowest BCUT2D eigenvalue weighted by Gasteiger charge is -2.25. The number of hydrogen-bond donors (Lipinski definition) is 1. The normalized spacial score (nSPS) is 11.9. The van der Waals surface area contributed by atoms with Crippen LogP contribution in [0.3, 0.4) is 0 Å². The van der Waals surface area contributed by atoms with E-state index in [2.05, 4.69) is 43.1 Å². The predicted molar refractivity (Wildman–Crippen MR) is 73.5 cm³/mol. The number of rotatable bonds is 4. The highest BCUT2D eigenvalue weighted by molar-refractivity contribution is 7.80. The molecular formula is C13H20N2S. The quantitative estimate of drug-likeness (QED) is 0.809. The summed E-state index contributed by atoms with van der Waals surface area (Å²) in [5.41, 5.74) is 1.26. The fourth-order valence-corrected chi connectivity index (χ4v) is 2.05. The molecule has 3 heteroatoms. The molecule has 1 N–H and O–H groups in total. The van der Waals surface area contributed by atoms with Crippen molar-refractivity contribution >= 4 is 17.3 Å². The van der Waals surface area contributed by atoms with Crippen LogP contribution in [0.2, 0.25) is 0 Å². The number of nitrogens with zero attached hydrogens (tertiary/aromatic N) is 1. The average molecular weight is 236 g/mol. The second-order valence-corrected chi connectivity index (χ2v) is 4.14. The van der Waals surface area contributed by atoms with Crippen LogP contribution in [0, 0.1) is 0 Å². The van der Waals surface area contributed by atoms with E-state index in [-0.39, 0.29) is 6.04 Å². The van der Waals surface area contributed by atoms with Crippen molar-refractivity contribution in [2.45, 2.75) is 26.8 Å². The van der Waals surface area contributed by atoms with Gasteiger partial charge in [-0.1, -0.05) is 30.3 Å². The third kappa shape index (κ3) is 3.49. The first-order chi connectivity index (χ1) is 7.69. The molecule has 0 aliphatic rings. The third-order valence-corrected chi connectivity index (χ3v) is 3.07. The van der Waals surface area contributed by atoms with Gasteiger partial charge in [-0.2, -0.15) is 0 Å². The lowest BCUT2D eigenvalue weighted by Crippen LogP contribution is -2.40. The molecule has 0 saturated carbocycles. The van der Waals surface area contributed by atoms with Gasteiger partial charge in [-0.05, 0) is 38.6 Å². The molecule has 0 aliphatic carbocycles. The summed E-state index contributed by atoms with van der Waals surface area (Å²) < 4.78 is 0. The fraction of sp³-hybridized carbons (Fsp3) is 0.462. The van der Waals surface area contributed by atoms with Crippen LogP contribution < -0.4 is 5.32 Å². The summed E-state index contributed by atoms with van der Waals surface area (Å²) >= 11 is 5.36. The molecule has 0 saturated heterocycles. The van der Waals surface area contributed by atoms with E-state index in [0.29, 0.717) is 0 Å². The lowest BCUT2D eigenvalue weighted by atomic mass is 10.1. The minimum Gasteiger partial charge on any atom is -0.356 e. The van der Waals surface area contributed by atoms with E-state index in [1.165, 1.54) is 5.56 Å². The maximum atomic E-state index is 5.36. The maximum absolute atomic E-state index is 5.36. The Labute approximate surface area is 104 Å². The fourth-order valence-electron chi connectivity index (χ4n) is 1.61. The molecule has 0 radical (unpaired) electrons. The van der Waals surface area contributed by atoms with Gasteiger partial charge in [-0.3, -0.25) is 0 Å². The Morgan fingerprint density at radius 3 is 2.31 bits per heavy atom. The summed E-state index contributed by atoms with van der Waals surface area (Å²) in [4.78, 5) is 2.15. The summed E-state index contributed by atoms with van der Waals surface area (Å²) in [6.07, 6.45) is 0. The van der Waals surface area contributed by atoms with E-state index >= 15 is 0 Å². The van der Waals surface area contributed by atoms with Gasteiger partial charge < -0.3 is 10.2 Å². The highest BCUT2D eigenvalue weighted by Crippen LogP contribution is 2.11. The van der Waals surface area contributed by atoms with E-state index in [0.717, 1.165) is 18.2 Å². The van der Waals surface area contributed by atoms with Gasteiger partial charge in [-0.15, -0.1) is 0 Å². The van der Waals surface area contributed by atoms with E-state index < -0.39 is 0 Å². The minimum absolute atomic E-state index is 0.259. The van der Waals surface area contributed by atoms with E-state index in [9.17, 15) is 0 Å². The average Bonchev–Trinajstić information content (AvgIpc) is 2.31. The summed E-state index contributed by atoms with van der Waals surface area (Å²) in [5, 5.41) is 4.19. The molecule has 0 amide bonds. The Morgan fingerprint density at radius 1 is 1.25 bits per heavy atom. The zero-order valence-corrected chi connectivity index (χ0v) is 11.1. The molecule has 88 valence electrons. The van der Waals surface area contributed by atoms with Crippen molar-refractivity contribution in [2.24, 2.45) is 0 Å². The monoisotopic (exact) mass is 236 g/mol. The maximum Gasteiger partial charge on any atom is 0.169 e. The topological polar surface area (TPSA) is 15.3 Å². The van der Waals surface area contributed by atoms with E-state index in [1.807, 2.05) is 18.2 Å². The molecule has 0 heterocycles. The molecule has 1 rings (SSSR count). The van der Waals surface area contributed by atoms with Crippen LogP contribution >= 0.6 is 12.2 Å². The van der Waals surface area contributed by atoms with Crippen molar-refractivity contribution in [3.05, 3.63) is 35.9 Å². The lowest BCUT2D eigenvalue weighted by molar-refractivity contribution is 0.448. The van der Waals surface area contributed by atoms with Gasteiger partial charge in [0.25, 0.3) is 0 Å². The Morgan fingerprint density at radius 2 is 1.81 bits per heavy atom. The van der Waals surface area contributed by atoms with Crippen LogP contribution in [0.1, 0.15) is 32.4 Å². The molecule has 16 heavy (non-hydrogen) atoms. The van der Waals surface area contributed by atoms with Crippen LogP contribution in [0.25, 0.3) is 0 Å². The van der Waals surface area contributed by atoms with Crippen molar-refractivity contribution in [1.82, 2.24) is 10.2 Å². The van der Waals surface area contributed by atoms with Crippen LogP contribution in [0.15, 0.2) is 30.3 Å². The molecule has 0 fully saturated rings. The van der Waals surface area contributed by atoms with Crippen molar-refractivity contribution < 1.29 is 0 Å². The Bertz CT molecular complexity index is 320. The molecule has 0 aliphatic heterocycles. The number of thiocarbonyl (C=S) groups is 1. The molecule has 0 spiro atoms. The third-order valence-electron chi connectivity index (χ3n) is 2.69. The highest BCUT2D eigenvalue weighted by atomic mass is 32.1. The number of benzene rings is 1. The molecule has 0 bridgehead atoms. The Balaban J connectivity index is 2.58. The summed E-state index contributed by atoms with van der Waals surface area (Å²) in [7, 11) is 0. The molecule has 1 unspecified atom stereocenters. The van der Waals surface area contributed by atoms with Crippen LogP contribution in [0.5, 0.6) is 0 Å². The molecule has 2 nitrogen and oxygen atoms in total. The number of nitrogens with one attached hydrogen (secondary N) is 1. The SMILES string of the molecule is CCN(CC)C(=S)NC(C)c1ccccc1. The van der Waals surface area contributed by atoms with Crippen LogP contribution in [-0.4, -0.2) is 23.1 Å². The summed E-state index contributed by atoms with van der Waals surface area (Å²) in [5.74, 6) is 0. The van der Waals surface area contributed by atoms with E-state index in [4.69, 9.17) is 12.2 Å². The summed E-state index contributed by atoms with van der Waals surface area (Å²) in [6.45, 7) is 8.26. The van der Waals surface area contributed by atoms with Crippen LogP contribution in [0.4, 0.5) is 0 Å². The van der Waals surface area contributed by atoms with Gasteiger partial charge in [0, 0.05) is 13.1 Å². The predicted octanol–water partition coefficient (Wildman–Crippen LogP) is 2.96. The molecule has 1 aromatic rings. The first-order valence-corrected chi connectivity index (χ1v) is 6.20. The minimum atomic E-state index is 0.259.